The Balaban J connectivity index is 3.29. The van der Waals surface area contributed by atoms with E-state index in [2.05, 4.69) is 6.58 Å². The average molecular weight is 252 g/mol. The second-order valence-electron chi connectivity index (χ2n) is 3.24. The first-order chi connectivity index (χ1) is 8.13. The molecule has 0 aromatic heterocycles. The summed E-state index contributed by atoms with van der Waals surface area (Å²) in [6.07, 6.45) is 0. The number of hydrogen-bond donors (Lipinski definition) is 0. The van der Waals surface area contributed by atoms with Crippen molar-refractivity contribution in [2.45, 2.75) is 13.8 Å². The minimum Gasteiger partial charge on any atom is -0.494 e. The zero-order valence-electron chi connectivity index (χ0n) is 9.92. The van der Waals surface area contributed by atoms with Crippen molar-refractivity contribution < 1.29 is 9.47 Å². The lowest BCUT2D eigenvalue weighted by molar-refractivity contribution is 0.330. The fourth-order valence-corrected chi connectivity index (χ4v) is 1.66. The lowest BCUT2D eigenvalue weighted by Crippen LogP contribution is -1.99. The van der Waals surface area contributed by atoms with Gasteiger partial charge < -0.3 is 9.47 Å². The fourth-order valence-electron chi connectivity index (χ4n) is 1.39. The van der Waals surface area contributed by atoms with Crippen LogP contribution >= 0.6 is 11.6 Å². The first-order valence-electron chi connectivity index (χ1n) is 5.32. The molecule has 0 radical (unpaired) electrons. The van der Waals surface area contributed by atoms with Gasteiger partial charge in [-0.3, -0.25) is 0 Å². The maximum absolute atomic E-state index is 8.90. The third-order valence-corrected chi connectivity index (χ3v) is 2.36. The molecule has 0 amide bonds. The molecule has 0 atom stereocenters. The number of rotatable bonds is 5. The third-order valence-electron chi connectivity index (χ3n) is 2.08. The van der Waals surface area contributed by atoms with Crippen molar-refractivity contribution in [1.82, 2.24) is 0 Å². The molecular weight excluding hydrogens is 238 g/mol. The van der Waals surface area contributed by atoms with E-state index in [-0.39, 0.29) is 0 Å². The number of nitriles is 1. The van der Waals surface area contributed by atoms with Gasteiger partial charge in [-0.2, -0.15) is 5.26 Å². The Morgan fingerprint density at radius 2 is 2.00 bits per heavy atom. The van der Waals surface area contributed by atoms with Gasteiger partial charge in [0.2, 0.25) is 0 Å². The van der Waals surface area contributed by atoms with Crippen LogP contribution in [0.5, 0.6) is 11.5 Å². The molecule has 0 aliphatic carbocycles. The highest BCUT2D eigenvalue weighted by Crippen LogP contribution is 2.36. The van der Waals surface area contributed by atoms with E-state index >= 15 is 0 Å². The Morgan fingerprint density at radius 1 is 1.35 bits per heavy atom. The molecule has 0 unspecified atom stereocenters. The summed E-state index contributed by atoms with van der Waals surface area (Å²) in [5.74, 6) is 1.08. The minimum absolute atomic E-state index is 0.303. The van der Waals surface area contributed by atoms with Crippen molar-refractivity contribution in [3.63, 3.8) is 0 Å². The summed E-state index contributed by atoms with van der Waals surface area (Å²) < 4.78 is 10.8. The van der Waals surface area contributed by atoms with Gasteiger partial charge in [-0.25, -0.2) is 0 Å². The Bertz CT molecular complexity index is 463. The SMILES string of the molecule is C=C(C#N)c1cc(OCC)cc(Cl)c1OCC. The predicted molar refractivity (Wildman–Crippen MR) is 68.4 cm³/mol. The van der Waals surface area contributed by atoms with E-state index in [1.54, 1.807) is 12.1 Å². The van der Waals surface area contributed by atoms with Gasteiger partial charge >= 0.3 is 0 Å². The van der Waals surface area contributed by atoms with E-state index in [9.17, 15) is 0 Å². The zero-order chi connectivity index (χ0) is 12.8. The van der Waals surface area contributed by atoms with E-state index in [0.29, 0.717) is 40.9 Å². The molecule has 4 heteroatoms. The summed E-state index contributed by atoms with van der Waals surface area (Å²) in [6.45, 7) is 8.41. The lowest BCUT2D eigenvalue weighted by atomic mass is 10.1. The fraction of sp³-hybridized carbons (Fsp3) is 0.308. The molecule has 0 aliphatic heterocycles. The Labute approximate surface area is 106 Å². The molecule has 1 aromatic rings. The Hall–Kier alpha value is -1.66. The smallest absolute Gasteiger partial charge is 0.146 e. The largest absolute Gasteiger partial charge is 0.494 e. The highest BCUT2D eigenvalue weighted by Gasteiger charge is 2.14. The highest BCUT2D eigenvalue weighted by atomic mass is 35.5. The standard InChI is InChI=1S/C13H14ClNO2/c1-4-16-10-6-11(9(3)8-15)13(17-5-2)12(14)7-10/h6-7H,3-5H2,1-2H3. The van der Waals surface area contributed by atoms with Crippen LogP contribution in [0.3, 0.4) is 0 Å². The molecule has 3 nitrogen and oxygen atoms in total. The monoisotopic (exact) mass is 251 g/mol. The predicted octanol–water partition coefficient (Wildman–Crippen LogP) is 3.67. The summed E-state index contributed by atoms with van der Waals surface area (Å²) in [7, 11) is 0. The summed E-state index contributed by atoms with van der Waals surface area (Å²) in [4.78, 5) is 0. The summed E-state index contributed by atoms with van der Waals surface area (Å²) in [5.41, 5.74) is 0.877. The average Bonchev–Trinajstić information content (AvgIpc) is 2.31. The van der Waals surface area contributed by atoms with Crippen LogP contribution in [-0.2, 0) is 0 Å². The van der Waals surface area contributed by atoms with Crippen LogP contribution in [0.2, 0.25) is 5.02 Å². The van der Waals surface area contributed by atoms with E-state index in [0.717, 1.165) is 0 Å². The van der Waals surface area contributed by atoms with Crippen molar-refractivity contribution in [2.24, 2.45) is 0 Å². The second kappa shape index (κ2) is 6.17. The van der Waals surface area contributed by atoms with Crippen LogP contribution in [-0.4, -0.2) is 13.2 Å². The number of halogens is 1. The molecule has 1 aromatic carbocycles. The van der Waals surface area contributed by atoms with Crippen molar-refractivity contribution >= 4 is 17.2 Å². The van der Waals surface area contributed by atoms with Crippen LogP contribution in [0.1, 0.15) is 19.4 Å². The van der Waals surface area contributed by atoms with E-state index < -0.39 is 0 Å². The number of ether oxygens (including phenoxy) is 2. The van der Waals surface area contributed by atoms with Crippen molar-refractivity contribution in [1.29, 1.82) is 5.26 Å². The number of benzene rings is 1. The third kappa shape index (κ3) is 3.15. The number of nitrogens with zero attached hydrogens (tertiary/aromatic N) is 1. The maximum atomic E-state index is 8.90. The Kier molecular flexibility index (Phi) is 4.86. The van der Waals surface area contributed by atoms with Crippen molar-refractivity contribution in [3.05, 3.63) is 29.3 Å². The van der Waals surface area contributed by atoms with Gasteiger partial charge in [-0.05, 0) is 19.9 Å². The van der Waals surface area contributed by atoms with E-state index in [4.69, 9.17) is 26.3 Å². The Morgan fingerprint density at radius 3 is 2.53 bits per heavy atom. The molecular formula is C13H14ClNO2. The van der Waals surface area contributed by atoms with Gasteiger partial charge in [0.15, 0.2) is 0 Å². The van der Waals surface area contributed by atoms with E-state index in [1.165, 1.54) is 0 Å². The molecule has 90 valence electrons. The molecule has 0 saturated heterocycles. The first-order valence-corrected chi connectivity index (χ1v) is 5.70. The molecule has 0 heterocycles. The van der Waals surface area contributed by atoms with Crippen LogP contribution in [0, 0.1) is 11.3 Å². The molecule has 0 spiro atoms. The topological polar surface area (TPSA) is 42.2 Å². The van der Waals surface area contributed by atoms with Crippen LogP contribution in [0.25, 0.3) is 5.57 Å². The molecule has 0 N–H and O–H groups in total. The minimum atomic E-state index is 0.303. The van der Waals surface area contributed by atoms with Crippen molar-refractivity contribution in [3.8, 4) is 17.6 Å². The number of hydrogen-bond acceptors (Lipinski definition) is 3. The van der Waals surface area contributed by atoms with Crippen LogP contribution < -0.4 is 9.47 Å². The normalized spacial score (nSPS) is 9.53. The van der Waals surface area contributed by atoms with Gasteiger partial charge in [0.1, 0.15) is 11.5 Å². The van der Waals surface area contributed by atoms with Crippen LogP contribution in [0.4, 0.5) is 0 Å². The molecule has 17 heavy (non-hydrogen) atoms. The first kappa shape index (κ1) is 13.4. The van der Waals surface area contributed by atoms with Gasteiger partial charge in [-0.15, -0.1) is 0 Å². The van der Waals surface area contributed by atoms with Gasteiger partial charge in [-0.1, -0.05) is 18.2 Å². The quantitative estimate of drug-likeness (QED) is 0.750. The molecule has 0 saturated carbocycles. The van der Waals surface area contributed by atoms with E-state index in [1.807, 2.05) is 19.9 Å². The van der Waals surface area contributed by atoms with Gasteiger partial charge in [0.25, 0.3) is 0 Å². The van der Waals surface area contributed by atoms with Crippen molar-refractivity contribution in [2.75, 3.05) is 13.2 Å². The van der Waals surface area contributed by atoms with Gasteiger partial charge in [0.05, 0.1) is 29.9 Å². The molecule has 0 bridgehead atoms. The van der Waals surface area contributed by atoms with Crippen LogP contribution in [0.15, 0.2) is 18.7 Å². The molecule has 1 rings (SSSR count). The summed E-state index contributed by atoms with van der Waals surface area (Å²) in [6, 6.07) is 5.37. The lowest BCUT2D eigenvalue weighted by Gasteiger charge is -2.13. The number of allylic oxidation sites excluding steroid dienone is 1. The molecule has 0 aliphatic rings. The van der Waals surface area contributed by atoms with Gasteiger partial charge in [0, 0.05) is 11.6 Å². The summed E-state index contributed by atoms with van der Waals surface area (Å²) >= 11 is 6.09. The maximum Gasteiger partial charge on any atom is 0.146 e. The highest BCUT2D eigenvalue weighted by molar-refractivity contribution is 6.32. The zero-order valence-corrected chi connectivity index (χ0v) is 10.7. The second-order valence-corrected chi connectivity index (χ2v) is 3.65. The summed E-state index contributed by atoms with van der Waals surface area (Å²) in [5, 5.41) is 9.32. The molecule has 0 fully saturated rings.